The van der Waals surface area contributed by atoms with Crippen molar-refractivity contribution >= 4 is 0 Å². The molecule has 102 valence electrons. The van der Waals surface area contributed by atoms with E-state index in [2.05, 4.69) is 4.90 Å². The summed E-state index contributed by atoms with van der Waals surface area (Å²) in [5.41, 5.74) is 6.60. The van der Waals surface area contributed by atoms with E-state index in [9.17, 15) is 5.11 Å². The van der Waals surface area contributed by atoms with Crippen molar-refractivity contribution in [3.05, 3.63) is 35.9 Å². The highest BCUT2D eigenvalue weighted by Gasteiger charge is 2.26. The third-order valence-electron chi connectivity index (χ3n) is 3.25. The number of rotatable bonds is 8. The van der Waals surface area contributed by atoms with E-state index in [0.717, 1.165) is 18.7 Å². The van der Waals surface area contributed by atoms with Crippen molar-refractivity contribution in [1.29, 1.82) is 0 Å². The number of aliphatic hydroxyl groups is 1. The molecule has 0 fully saturated rings. The smallest absolute Gasteiger partial charge is 0.0656 e. The van der Waals surface area contributed by atoms with E-state index >= 15 is 0 Å². The molecule has 0 aromatic heterocycles. The van der Waals surface area contributed by atoms with Gasteiger partial charge in [0.25, 0.3) is 0 Å². The average molecular weight is 252 g/mol. The maximum Gasteiger partial charge on any atom is 0.0656 e. The number of ether oxygens (including phenoxy) is 1. The van der Waals surface area contributed by atoms with Gasteiger partial charge >= 0.3 is 0 Å². The number of hydrogen-bond acceptors (Lipinski definition) is 4. The molecule has 3 N–H and O–H groups in total. The highest BCUT2D eigenvalue weighted by atomic mass is 16.5. The minimum Gasteiger partial charge on any atom is -0.394 e. The van der Waals surface area contributed by atoms with Crippen LogP contribution in [0.1, 0.15) is 12.0 Å². The summed E-state index contributed by atoms with van der Waals surface area (Å²) < 4.78 is 5.03. The van der Waals surface area contributed by atoms with Crippen molar-refractivity contribution in [3.63, 3.8) is 0 Å². The van der Waals surface area contributed by atoms with Crippen molar-refractivity contribution in [3.8, 4) is 0 Å². The van der Waals surface area contributed by atoms with Crippen molar-refractivity contribution in [2.24, 2.45) is 5.73 Å². The van der Waals surface area contributed by atoms with Crippen LogP contribution in [0.25, 0.3) is 0 Å². The van der Waals surface area contributed by atoms with Crippen LogP contribution < -0.4 is 5.73 Å². The fourth-order valence-corrected chi connectivity index (χ4v) is 1.83. The Kier molecular flexibility index (Phi) is 6.29. The van der Waals surface area contributed by atoms with Gasteiger partial charge in [-0.1, -0.05) is 30.3 Å². The van der Waals surface area contributed by atoms with Gasteiger partial charge in [0.15, 0.2) is 0 Å². The molecule has 4 heteroatoms. The number of methoxy groups -OCH3 is 1. The Bertz CT molecular complexity index is 332. The summed E-state index contributed by atoms with van der Waals surface area (Å²) >= 11 is 0. The molecule has 1 rings (SSSR count). The molecule has 18 heavy (non-hydrogen) atoms. The number of nitrogens with zero attached hydrogens (tertiary/aromatic N) is 1. The molecule has 0 saturated heterocycles. The van der Waals surface area contributed by atoms with Gasteiger partial charge in [-0.15, -0.1) is 0 Å². The molecule has 0 bridgehead atoms. The molecule has 1 unspecified atom stereocenters. The van der Waals surface area contributed by atoms with Gasteiger partial charge in [-0.05, 0) is 19.0 Å². The SMILES string of the molecule is COCCN(C)CCC(N)(CO)c1ccccc1. The summed E-state index contributed by atoms with van der Waals surface area (Å²) in [5, 5.41) is 9.56. The second-order valence-corrected chi connectivity index (χ2v) is 4.73. The summed E-state index contributed by atoms with van der Waals surface area (Å²) in [6.45, 7) is 2.36. The lowest BCUT2D eigenvalue weighted by molar-refractivity contribution is 0.141. The zero-order valence-electron chi connectivity index (χ0n) is 11.3. The van der Waals surface area contributed by atoms with Crippen LogP contribution >= 0.6 is 0 Å². The quantitative estimate of drug-likeness (QED) is 0.718. The predicted molar refractivity (Wildman–Crippen MR) is 73.4 cm³/mol. The first kappa shape index (κ1) is 15.1. The maximum atomic E-state index is 9.56. The molecule has 1 aromatic rings. The van der Waals surface area contributed by atoms with Gasteiger partial charge in [-0.3, -0.25) is 0 Å². The number of nitrogens with two attached hydrogens (primary N) is 1. The van der Waals surface area contributed by atoms with Crippen LogP contribution in [0.3, 0.4) is 0 Å². The van der Waals surface area contributed by atoms with Crippen LogP contribution in [-0.2, 0) is 10.3 Å². The predicted octanol–water partition coefficient (Wildman–Crippen LogP) is 0.801. The Morgan fingerprint density at radius 2 is 1.94 bits per heavy atom. The highest BCUT2D eigenvalue weighted by Crippen LogP contribution is 2.21. The lowest BCUT2D eigenvalue weighted by Crippen LogP contribution is -2.43. The molecule has 0 amide bonds. The second kappa shape index (κ2) is 7.48. The summed E-state index contributed by atoms with van der Waals surface area (Å²) in [7, 11) is 3.72. The molecule has 0 aliphatic heterocycles. The molecule has 0 heterocycles. The van der Waals surface area contributed by atoms with Gasteiger partial charge in [0.1, 0.15) is 0 Å². The summed E-state index contributed by atoms with van der Waals surface area (Å²) in [6, 6.07) is 9.77. The first-order chi connectivity index (χ1) is 8.62. The fourth-order valence-electron chi connectivity index (χ4n) is 1.83. The average Bonchev–Trinajstić information content (AvgIpc) is 2.43. The van der Waals surface area contributed by atoms with Crippen LogP contribution in [0.5, 0.6) is 0 Å². The van der Waals surface area contributed by atoms with Gasteiger partial charge in [0, 0.05) is 20.2 Å². The largest absolute Gasteiger partial charge is 0.394 e. The van der Waals surface area contributed by atoms with Gasteiger partial charge in [0.05, 0.1) is 18.8 Å². The van der Waals surface area contributed by atoms with Gasteiger partial charge < -0.3 is 20.5 Å². The van der Waals surface area contributed by atoms with Gasteiger partial charge in [-0.2, -0.15) is 0 Å². The zero-order valence-corrected chi connectivity index (χ0v) is 11.3. The summed E-state index contributed by atoms with van der Waals surface area (Å²) in [5.74, 6) is 0. The molecule has 1 atom stereocenters. The molecule has 0 saturated carbocycles. The zero-order chi connectivity index (χ0) is 13.4. The van der Waals surface area contributed by atoms with Crippen LogP contribution in [0.15, 0.2) is 30.3 Å². The Morgan fingerprint density at radius 3 is 2.50 bits per heavy atom. The lowest BCUT2D eigenvalue weighted by Gasteiger charge is -2.30. The van der Waals surface area contributed by atoms with Crippen molar-refractivity contribution < 1.29 is 9.84 Å². The molecule has 0 radical (unpaired) electrons. The molecular weight excluding hydrogens is 228 g/mol. The molecule has 4 nitrogen and oxygen atoms in total. The fraction of sp³-hybridized carbons (Fsp3) is 0.571. The van der Waals surface area contributed by atoms with Gasteiger partial charge in [0.2, 0.25) is 0 Å². The molecule has 1 aromatic carbocycles. The molecule has 0 aliphatic rings. The van der Waals surface area contributed by atoms with E-state index in [-0.39, 0.29) is 6.61 Å². The van der Waals surface area contributed by atoms with Crippen molar-refractivity contribution in [2.75, 3.05) is 40.5 Å². The minimum absolute atomic E-state index is 0.0465. The third kappa shape index (κ3) is 4.38. The van der Waals surface area contributed by atoms with Crippen molar-refractivity contribution in [2.45, 2.75) is 12.0 Å². The van der Waals surface area contributed by atoms with Crippen LogP contribution in [0, 0.1) is 0 Å². The van der Waals surface area contributed by atoms with Crippen LogP contribution in [0.2, 0.25) is 0 Å². The summed E-state index contributed by atoms with van der Waals surface area (Å²) in [6.07, 6.45) is 0.716. The Morgan fingerprint density at radius 1 is 1.28 bits per heavy atom. The van der Waals surface area contributed by atoms with E-state index in [1.807, 2.05) is 37.4 Å². The normalized spacial score (nSPS) is 14.7. The molecule has 0 aliphatic carbocycles. The number of aliphatic hydroxyl groups excluding tert-OH is 1. The van der Waals surface area contributed by atoms with E-state index in [0.29, 0.717) is 13.0 Å². The Labute approximate surface area is 109 Å². The topological polar surface area (TPSA) is 58.7 Å². The van der Waals surface area contributed by atoms with E-state index in [1.54, 1.807) is 7.11 Å². The van der Waals surface area contributed by atoms with Crippen LogP contribution in [-0.4, -0.2) is 50.5 Å². The number of hydrogen-bond donors (Lipinski definition) is 2. The lowest BCUT2D eigenvalue weighted by atomic mass is 9.88. The van der Waals surface area contributed by atoms with Crippen LogP contribution in [0.4, 0.5) is 0 Å². The number of likely N-dealkylation sites (N-methyl/N-ethyl adjacent to an activating group) is 1. The number of benzene rings is 1. The maximum absolute atomic E-state index is 9.56. The third-order valence-corrected chi connectivity index (χ3v) is 3.25. The van der Waals surface area contributed by atoms with E-state index < -0.39 is 5.54 Å². The molecule has 0 spiro atoms. The first-order valence-corrected chi connectivity index (χ1v) is 6.25. The van der Waals surface area contributed by atoms with Gasteiger partial charge in [-0.25, -0.2) is 0 Å². The monoisotopic (exact) mass is 252 g/mol. The minimum atomic E-state index is -0.664. The standard InChI is InChI=1S/C14H24N2O2/c1-16(10-11-18-2)9-8-14(15,12-17)13-6-4-3-5-7-13/h3-7,17H,8-12,15H2,1-2H3. The Balaban J connectivity index is 2.56. The molecular formula is C14H24N2O2. The van der Waals surface area contributed by atoms with E-state index in [1.165, 1.54) is 0 Å². The second-order valence-electron chi connectivity index (χ2n) is 4.73. The van der Waals surface area contributed by atoms with Crippen molar-refractivity contribution in [1.82, 2.24) is 4.90 Å². The first-order valence-electron chi connectivity index (χ1n) is 6.25. The summed E-state index contributed by atoms with van der Waals surface area (Å²) in [4.78, 5) is 2.16. The van der Waals surface area contributed by atoms with E-state index in [4.69, 9.17) is 10.5 Å². The highest BCUT2D eigenvalue weighted by molar-refractivity contribution is 5.24. The Hall–Kier alpha value is -0.940.